The van der Waals surface area contributed by atoms with Crippen LogP contribution in [0.25, 0.3) is 5.69 Å². The lowest BCUT2D eigenvalue weighted by Crippen LogP contribution is -2.30. The van der Waals surface area contributed by atoms with Gasteiger partial charge in [0.25, 0.3) is 0 Å². The SMILES string of the molecule is CCNC(=O)/N=c1\sn(CC)c(=O)n1-c1ccc(Cl)cc1C. The van der Waals surface area contributed by atoms with Gasteiger partial charge in [-0.3, -0.25) is 0 Å². The minimum Gasteiger partial charge on any atom is -0.336 e. The molecule has 22 heavy (non-hydrogen) atoms. The second kappa shape index (κ2) is 6.93. The van der Waals surface area contributed by atoms with Gasteiger partial charge in [-0.15, -0.1) is 0 Å². The van der Waals surface area contributed by atoms with Gasteiger partial charge in [0, 0.05) is 18.1 Å². The maximum Gasteiger partial charge on any atom is 0.344 e. The molecule has 2 rings (SSSR count). The number of rotatable bonds is 3. The molecule has 1 aromatic heterocycles. The van der Waals surface area contributed by atoms with Crippen molar-refractivity contribution in [1.29, 1.82) is 0 Å². The van der Waals surface area contributed by atoms with E-state index in [1.54, 1.807) is 22.2 Å². The Morgan fingerprint density at radius 3 is 2.73 bits per heavy atom. The number of carbonyl (C=O) groups is 1. The van der Waals surface area contributed by atoms with Crippen LogP contribution in [0.15, 0.2) is 28.0 Å². The molecule has 0 saturated carbocycles. The summed E-state index contributed by atoms with van der Waals surface area (Å²) < 4.78 is 2.99. The van der Waals surface area contributed by atoms with Gasteiger partial charge in [-0.2, -0.15) is 4.99 Å². The molecule has 0 aliphatic heterocycles. The van der Waals surface area contributed by atoms with Crippen molar-refractivity contribution in [3.63, 3.8) is 0 Å². The molecule has 0 fully saturated rings. The Balaban J connectivity index is 2.71. The van der Waals surface area contributed by atoms with Crippen LogP contribution < -0.4 is 15.8 Å². The van der Waals surface area contributed by atoms with E-state index in [2.05, 4.69) is 10.3 Å². The van der Waals surface area contributed by atoms with E-state index >= 15 is 0 Å². The topological polar surface area (TPSA) is 68.4 Å². The monoisotopic (exact) mass is 340 g/mol. The predicted molar refractivity (Wildman–Crippen MR) is 88.0 cm³/mol. The molecule has 0 unspecified atom stereocenters. The third-order valence-corrected chi connectivity index (χ3v) is 4.31. The summed E-state index contributed by atoms with van der Waals surface area (Å²) in [5.41, 5.74) is 1.28. The Morgan fingerprint density at radius 1 is 1.41 bits per heavy atom. The number of aryl methyl sites for hydroxylation is 2. The summed E-state index contributed by atoms with van der Waals surface area (Å²) in [7, 11) is 0. The van der Waals surface area contributed by atoms with Crippen molar-refractivity contribution in [3.05, 3.63) is 44.1 Å². The summed E-state index contributed by atoms with van der Waals surface area (Å²) in [5.74, 6) is 0. The Morgan fingerprint density at radius 2 is 2.14 bits per heavy atom. The minimum atomic E-state index is -0.465. The zero-order valence-electron chi connectivity index (χ0n) is 12.6. The molecule has 0 aliphatic carbocycles. The van der Waals surface area contributed by atoms with E-state index < -0.39 is 6.03 Å². The second-order valence-corrected chi connectivity index (χ2v) is 5.99. The first kappa shape index (κ1) is 16.5. The Bertz CT molecular complexity index is 819. The number of nitrogens with zero attached hydrogens (tertiary/aromatic N) is 3. The van der Waals surface area contributed by atoms with Crippen molar-refractivity contribution in [2.24, 2.45) is 4.99 Å². The first-order chi connectivity index (χ1) is 10.5. The van der Waals surface area contributed by atoms with Gasteiger partial charge in [0.15, 0.2) is 0 Å². The molecule has 0 radical (unpaired) electrons. The fourth-order valence-corrected chi connectivity index (χ4v) is 3.09. The van der Waals surface area contributed by atoms with Crippen molar-refractivity contribution in [2.45, 2.75) is 27.3 Å². The summed E-state index contributed by atoms with van der Waals surface area (Å²) >= 11 is 7.12. The lowest BCUT2D eigenvalue weighted by molar-refractivity contribution is 0.249. The molecule has 0 spiro atoms. The fourth-order valence-electron chi connectivity index (χ4n) is 2.00. The van der Waals surface area contributed by atoms with Crippen LogP contribution in [-0.4, -0.2) is 21.1 Å². The summed E-state index contributed by atoms with van der Waals surface area (Å²) in [6.45, 7) is 6.53. The van der Waals surface area contributed by atoms with Crippen molar-refractivity contribution in [2.75, 3.05) is 6.54 Å². The number of aromatic nitrogens is 2. The number of halogens is 1. The Labute approximate surface area is 136 Å². The van der Waals surface area contributed by atoms with Gasteiger partial charge in [-0.25, -0.2) is 18.1 Å². The molecule has 0 aliphatic rings. The smallest absolute Gasteiger partial charge is 0.336 e. The van der Waals surface area contributed by atoms with Crippen LogP contribution in [0.1, 0.15) is 19.4 Å². The average molecular weight is 341 g/mol. The van der Waals surface area contributed by atoms with Gasteiger partial charge in [-0.05, 0) is 56.1 Å². The number of carbonyl (C=O) groups excluding carboxylic acids is 1. The third-order valence-electron chi connectivity index (χ3n) is 3.00. The van der Waals surface area contributed by atoms with E-state index in [1.807, 2.05) is 20.8 Å². The summed E-state index contributed by atoms with van der Waals surface area (Å²) in [6, 6.07) is 4.77. The first-order valence-corrected chi connectivity index (χ1v) is 8.05. The van der Waals surface area contributed by atoms with Gasteiger partial charge in [0.1, 0.15) is 0 Å². The number of urea groups is 1. The van der Waals surface area contributed by atoms with Crippen LogP contribution in [0.5, 0.6) is 0 Å². The molecule has 2 aromatic rings. The highest BCUT2D eigenvalue weighted by atomic mass is 35.5. The molecule has 0 atom stereocenters. The van der Waals surface area contributed by atoms with E-state index in [-0.39, 0.29) is 5.69 Å². The standard InChI is InChI=1S/C14H17ClN4O2S/c1-4-16-12(20)17-13-19(14(21)18(5-2)22-13)11-7-6-10(15)8-9(11)3/h6-8H,4-5H2,1-3H3,(H,16,20)/b17-13-. The van der Waals surface area contributed by atoms with Gasteiger partial charge < -0.3 is 5.32 Å². The maximum absolute atomic E-state index is 12.5. The molecule has 6 nitrogen and oxygen atoms in total. The second-order valence-electron chi connectivity index (χ2n) is 4.56. The van der Waals surface area contributed by atoms with Crippen LogP contribution in [0, 0.1) is 6.92 Å². The fraction of sp³-hybridized carbons (Fsp3) is 0.357. The Hall–Kier alpha value is -1.86. The van der Waals surface area contributed by atoms with E-state index in [4.69, 9.17) is 11.6 Å². The number of benzene rings is 1. The van der Waals surface area contributed by atoms with Gasteiger partial charge in [0.05, 0.1) is 5.69 Å². The summed E-state index contributed by atoms with van der Waals surface area (Å²) in [5, 5.41) is 3.19. The van der Waals surface area contributed by atoms with Gasteiger partial charge >= 0.3 is 11.7 Å². The highest BCUT2D eigenvalue weighted by molar-refractivity contribution is 7.03. The number of hydrogen-bond donors (Lipinski definition) is 1. The highest BCUT2D eigenvalue weighted by Crippen LogP contribution is 2.17. The zero-order chi connectivity index (χ0) is 16.3. The molecule has 0 bridgehead atoms. The molecular weight excluding hydrogens is 324 g/mol. The number of hydrogen-bond acceptors (Lipinski definition) is 3. The van der Waals surface area contributed by atoms with Crippen LogP contribution >= 0.6 is 23.1 Å². The molecule has 8 heteroatoms. The predicted octanol–water partition coefficient (Wildman–Crippen LogP) is 2.31. The van der Waals surface area contributed by atoms with Gasteiger partial charge in [0.2, 0.25) is 4.80 Å². The molecule has 1 heterocycles. The van der Waals surface area contributed by atoms with E-state index in [0.717, 1.165) is 17.1 Å². The molecule has 2 amide bonds. The molecule has 0 saturated heterocycles. The molecule has 1 aromatic carbocycles. The van der Waals surface area contributed by atoms with Crippen molar-refractivity contribution < 1.29 is 4.79 Å². The summed E-state index contributed by atoms with van der Waals surface area (Å²) in [6.07, 6.45) is 0. The van der Waals surface area contributed by atoms with Crippen LogP contribution in [0.3, 0.4) is 0 Å². The van der Waals surface area contributed by atoms with Crippen LogP contribution in [-0.2, 0) is 6.54 Å². The average Bonchev–Trinajstić information content (AvgIpc) is 2.75. The molecular formula is C14H17ClN4O2S. The van der Waals surface area contributed by atoms with E-state index in [1.165, 1.54) is 4.57 Å². The lowest BCUT2D eigenvalue weighted by atomic mass is 10.2. The van der Waals surface area contributed by atoms with Crippen LogP contribution in [0.4, 0.5) is 4.79 Å². The quantitative estimate of drug-likeness (QED) is 0.931. The van der Waals surface area contributed by atoms with Crippen LogP contribution in [0.2, 0.25) is 5.02 Å². The largest absolute Gasteiger partial charge is 0.344 e. The van der Waals surface area contributed by atoms with Gasteiger partial charge in [-0.1, -0.05) is 11.6 Å². The zero-order valence-corrected chi connectivity index (χ0v) is 14.2. The maximum atomic E-state index is 12.5. The van der Waals surface area contributed by atoms with Crippen molar-refractivity contribution in [1.82, 2.24) is 13.8 Å². The van der Waals surface area contributed by atoms with Crippen molar-refractivity contribution in [3.8, 4) is 5.69 Å². The first-order valence-electron chi connectivity index (χ1n) is 6.90. The number of nitrogens with one attached hydrogen (secondary N) is 1. The third kappa shape index (κ3) is 3.31. The van der Waals surface area contributed by atoms with Crippen molar-refractivity contribution >= 4 is 29.2 Å². The highest BCUT2D eigenvalue weighted by Gasteiger charge is 2.13. The Kier molecular flexibility index (Phi) is 5.20. The molecule has 118 valence electrons. The minimum absolute atomic E-state index is 0.221. The van der Waals surface area contributed by atoms with E-state index in [0.29, 0.717) is 28.6 Å². The lowest BCUT2D eigenvalue weighted by Gasteiger charge is -2.06. The summed E-state index contributed by atoms with van der Waals surface area (Å²) in [4.78, 5) is 28.6. The molecule has 1 N–H and O–H groups in total. The normalized spacial score (nSPS) is 11.7. The number of amides is 2. The van der Waals surface area contributed by atoms with E-state index in [9.17, 15) is 9.59 Å².